The highest BCUT2D eigenvalue weighted by atomic mass is 79.9. The Morgan fingerprint density at radius 3 is 1.30 bits per heavy atom. The van der Waals surface area contributed by atoms with Crippen LogP contribution in [0, 0.1) is 0 Å². The number of carbonyl (C=O) groups excluding carboxylic acids is 3. The lowest BCUT2D eigenvalue weighted by Gasteiger charge is -2.34. The number of ether oxygens (including phenoxy) is 3. The topological polar surface area (TPSA) is 111 Å². The molecular weight excluding hydrogens is 526 g/mol. The highest BCUT2D eigenvalue weighted by molar-refractivity contribution is 9.12. The van der Waals surface area contributed by atoms with E-state index in [2.05, 4.69) is 51.8 Å². The molecule has 9 nitrogen and oxygen atoms in total. The molecule has 2 heterocycles. The van der Waals surface area contributed by atoms with Crippen molar-refractivity contribution in [3.05, 3.63) is 0 Å². The maximum absolute atomic E-state index is 10.7. The molecule has 0 radical (unpaired) electrons. The number of hydrogen-bond donors (Lipinski definition) is 1. The summed E-state index contributed by atoms with van der Waals surface area (Å²) in [5.41, 5.74) is 4.50. The van der Waals surface area contributed by atoms with E-state index in [4.69, 9.17) is 0 Å². The van der Waals surface area contributed by atoms with Gasteiger partial charge in [0.25, 0.3) is 0 Å². The van der Waals surface area contributed by atoms with Crippen molar-refractivity contribution in [3.63, 3.8) is 0 Å². The molecule has 0 aromatic carbocycles. The lowest BCUT2D eigenvalue weighted by molar-refractivity contribution is -0.151. The fourth-order valence-electron chi connectivity index (χ4n) is 2.09. The Morgan fingerprint density at radius 1 is 0.900 bits per heavy atom. The summed E-state index contributed by atoms with van der Waals surface area (Å²) in [7, 11) is 9.55. The number of halogens is 2. The van der Waals surface area contributed by atoms with Gasteiger partial charge in [-0.25, -0.2) is 0 Å². The lowest BCUT2D eigenvalue weighted by Crippen LogP contribution is -2.50. The zero-order valence-corrected chi connectivity index (χ0v) is 20.6. The van der Waals surface area contributed by atoms with Crippen LogP contribution in [0.5, 0.6) is 0 Å². The fraction of sp³-hybridized carbons (Fsp3) is 0.842. The Morgan fingerprint density at radius 2 is 1.23 bits per heavy atom. The van der Waals surface area contributed by atoms with Crippen LogP contribution < -0.4 is 5.73 Å². The summed E-state index contributed by atoms with van der Waals surface area (Å²) in [6, 6.07) is 0.0741. The molecule has 0 aromatic rings. The van der Waals surface area contributed by atoms with E-state index >= 15 is 0 Å². The third-order valence-electron chi connectivity index (χ3n) is 4.11. The van der Waals surface area contributed by atoms with Crippen molar-refractivity contribution in [2.75, 3.05) is 60.9 Å². The van der Waals surface area contributed by atoms with E-state index in [1.54, 1.807) is 0 Å². The van der Waals surface area contributed by atoms with Crippen LogP contribution >= 0.6 is 31.9 Å². The van der Waals surface area contributed by atoms with Gasteiger partial charge in [-0.15, -0.1) is 0 Å². The summed E-state index contributed by atoms with van der Waals surface area (Å²) >= 11 is 6.19. The first-order valence-electron chi connectivity index (χ1n) is 8.65. The predicted molar refractivity (Wildman–Crippen MR) is 128 cm³/mol. The number of nitrogens with two attached hydrogens (primary N) is 1. The fourth-order valence-corrected chi connectivity index (χ4v) is 2.54. The van der Waals surface area contributed by atoms with E-state index < -0.39 is 0 Å². The number of carbonyl (C=O) groups is 3. The van der Waals surface area contributed by atoms with Crippen LogP contribution in [0.25, 0.3) is 0 Å². The number of esters is 3. The maximum Gasteiger partial charge on any atom is 0.323 e. The molecule has 3 unspecified atom stereocenters. The SMILES string of the molecule is C.C.CN.COC(=O)C(Br)CBr.COC(=O)C1CCN1C.COC(=O)C1CCN1C. The number of likely N-dealkylation sites (tertiary alicyclic amines) is 2. The molecule has 0 amide bonds. The van der Waals surface area contributed by atoms with Crippen molar-refractivity contribution >= 4 is 49.8 Å². The quantitative estimate of drug-likeness (QED) is 0.309. The highest BCUT2D eigenvalue weighted by Gasteiger charge is 2.32. The maximum atomic E-state index is 10.7. The number of alkyl halides is 2. The molecule has 0 spiro atoms. The van der Waals surface area contributed by atoms with Crippen LogP contribution in [0.15, 0.2) is 0 Å². The first kappa shape index (κ1) is 36.6. The van der Waals surface area contributed by atoms with Crippen LogP contribution in [0.4, 0.5) is 0 Å². The third-order valence-corrected chi connectivity index (χ3v) is 6.33. The van der Waals surface area contributed by atoms with Crippen LogP contribution in [0.2, 0.25) is 0 Å². The van der Waals surface area contributed by atoms with Gasteiger partial charge in [-0.1, -0.05) is 46.7 Å². The summed E-state index contributed by atoms with van der Waals surface area (Å²) in [5, 5.41) is 0.583. The second-order valence-corrected chi connectivity index (χ2v) is 7.51. The van der Waals surface area contributed by atoms with Gasteiger partial charge in [0, 0.05) is 18.4 Å². The Balaban J connectivity index is -0.000000157. The lowest BCUT2D eigenvalue weighted by atomic mass is 10.1. The van der Waals surface area contributed by atoms with Gasteiger partial charge in [-0.3, -0.25) is 24.2 Å². The standard InChI is InChI=1S/2C6H11NO2.C4H6Br2O2.CH5N.2CH4/c2*1-7-4-3-5(7)6(8)9-2;1-8-4(7)3(6)2-5;1-2;;/h2*5H,3-4H2,1-2H3;3H,2H2,1H3;2H2,1H3;2*1H4. The molecule has 2 fully saturated rings. The number of nitrogens with zero attached hydrogens (tertiary/aromatic N) is 2. The van der Waals surface area contributed by atoms with Gasteiger partial charge in [0.05, 0.1) is 21.3 Å². The molecule has 0 saturated carbocycles. The Bertz CT molecular complexity index is 442. The molecule has 30 heavy (non-hydrogen) atoms. The third kappa shape index (κ3) is 13.5. The van der Waals surface area contributed by atoms with E-state index in [1.165, 1.54) is 28.4 Å². The summed E-state index contributed by atoms with van der Waals surface area (Å²) in [4.78, 5) is 35.7. The van der Waals surface area contributed by atoms with Crippen LogP contribution in [-0.2, 0) is 28.6 Å². The largest absolute Gasteiger partial charge is 0.468 e. The van der Waals surface area contributed by atoms with Gasteiger partial charge in [-0.05, 0) is 34.0 Å². The van der Waals surface area contributed by atoms with Gasteiger partial charge in [-0.2, -0.15) is 0 Å². The van der Waals surface area contributed by atoms with Crippen molar-refractivity contribution in [2.45, 2.75) is 44.6 Å². The van der Waals surface area contributed by atoms with E-state index in [9.17, 15) is 14.4 Å². The minimum atomic E-state index is -0.248. The second kappa shape index (κ2) is 21.5. The van der Waals surface area contributed by atoms with E-state index in [1.807, 2.05) is 23.9 Å². The van der Waals surface area contributed by atoms with Gasteiger partial charge in [0.2, 0.25) is 0 Å². The molecule has 2 aliphatic heterocycles. The van der Waals surface area contributed by atoms with E-state index in [0.717, 1.165) is 25.9 Å². The minimum absolute atomic E-state index is 0. The molecule has 2 aliphatic rings. The van der Waals surface area contributed by atoms with Gasteiger partial charge >= 0.3 is 17.9 Å². The summed E-state index contributed by atoms with van der Waals surface area (Å²) < 4.78 is 13.5. The van der Waals surface area contributed by atoms with Crippen molar-refractivity contribution < 1.29 is 28.6 Å². The van der Waals surface area contributed by atoms with Crippen molar-refractivity contribution in [1.82, 2.24) is 9.80 Å². The molecule has 2 N–H and O–H groups in total. The van der Waals surface area contributed by atoms with Gasteiger partial charge in [0.1, 0.15) is 16.9 Å². The molecule has 11 heteroatoms. The van der Waals surface area contributed by atoms with E-state index in [0.29, 0.717) is 5.33 Å². The average molecular weight is 567 g/mol. The zero-order valence-electron chi connectivity index (χ0n) is 17.4. The minimum Gasteiger partial charge on any atom is -0.468 e. The normalized spacial score (nSPS) is 19.9. The predicted octanol–water partition coefficient (Wildman–Crippen LogP) is 1.89. The summed E-state index contributed by atoms with van der Waals surface area (Å²) in [6.07, 6.45) is 1.90. The molecule has 3 atom stereocenters. The molecule has 2 saturated heterocycles. The second-order valence-electron chi connectivity index (χ2n) is 5.76. The molecule has 0 bridgehead atoms. The smallest absolute Gasteiger partial charge is 0.323 e. The molecule has 2 rings (SSSR count). The van der Waals surface area contributed by atoms with Crippen LogP contribution in [0.3, 0.4) is 0 Å². The molecule has 0 aliphatic carbocycles. The Kier molecular flexibility index (Phi) is 26.2. The molecular formula is C19H41Br2N3O6. The van der Waals surface area contributed by atoms with Gasteiger partial charge < -0.3 is 19.9 Å². The highest BCUT2D eigenvalue weighted by Crippen LogP contribution is 2.15. The monoisotopic (exact) mass is 565 g/mol. The summed E-state index contributed by atoms with van der Waals surface area (Å²) in [5.74, 6) is -0.464. The summed E-state index contributed by atoms with van der Waals surface area (Å²) in [6.45, 7) is 2.03. The number of rotatable bonds is 4. The van der Waals surface area contributed by atoms with Crippen LogP contribution in [0.1, 0.15) is 27.7 Å². The Labute approximate surface area is 199 Å². The zero-order chi connectivity index (χ0) is 22.3. The molecule has 182 valence electrons. The first-order valence-corrected chi connectivity index (χ1v) is 10.7. The average Bonchev–Trinajstić information content (AvgIpc) is 2.72. The Hall–Kier alpha value is -0.750. The van der Waals surface area contributed by atoms with Crippen molar-refractivity contribution in [2.24, 2.45) is 5.73 Å². The molecule has 0 aromatic heterocycles. The first-order chi connectivity index (χ1) is 13.2. The van der Waals surface area contributed by atoms with E-state index in [-0.39, 0.29) is 49.7 Å². The van der Waals surface area contributed by atoms with Crippen molar-refractivity contribution in [1.29, 1.82) is 0 Å². The van der Waals surface area contributed by atoms with Crippen LogP contribution in [-0.4, -0.2) is 106 Å². The number of likely N-dealkylation sites (N-methyl/N-ethyl adjacent to an activating group) is 2. The van der Waals surface area contributed by atoms with Gasteiger partial charge in [0.15, 0.2) is 0 Å². The van der Waals surface area contributed by atoms with Crippen molar-refractivity contribution in [3.8, 4) is 0 Å². The number of methoxy groups -OCH3 is 3. The number of hydrogen-bond acceptors (Lipinski definition) is 9.